The molecule has 0 heterocycles. The maximum absolute atomic E-state index is 11.5. The van der Waals surface area contributed by atoms with Crippen molar-refractivity contribution in [2.75, 3.05) is 7.05 Å². The molecule has 22 heavy (non-hydrogen) atoms. The molecule has 0 fully saturated rings. The number of hydrogen-bond acceptors (Lipinski definition) is 3. The van der Waals surface area contributed by atoms with Gasteiger partial charge in [-0.15, -0.1) is 0 Å². The summed E-state index contributed by atoms with van der Waals surface area (Å²) in [7, 11) is 2.07. The second-order valence-corrected chi connectivity index (χ2v) is 6.45. The first-order chi connectivity index (χ1) is 10.3. The summed E-state index contributed by atoms with van der Waals surface area (Å²) in [4.78, 5) is 25.2. The molecule has 0 radical (unpaired) electrons. The third kappa shape index (κ3) is 3.29. The fourth-order valence-corrected chi connectivity index (χ4v) is 3.26. The van der Waals surface area contributed by atoms with E-state index < -0.39 is 0 Å². The molecule has 0 N–H and O–H groups in total. The van der Waals surface area contributed by atoms with Crippen molar-refractivity contribution in [3.05, 3.63) is 46.8 Å². The highest BCUT2D eigenvalue weighted by Gasteiger charge is 2.26. The number of ketones is 2. The fraction of sp³-hybridized carbons (Fsp3) is 0.474. The van der Waals surface area contributed by atoms with Gasteiger partial charge in [0.25, 0.3) is 0 Å². The molecule has 0 saturated carbocycles. The molecular formula is C19H25NO2. The van der Waals surface area contributed by atoms with Gasteiger partial charge in [0.1, 0.15) is 0 Å². The van der Waals surface area contributed by atoms with Crippen molar-refractivity contribution in [1.29, 1.82) is 0 Å². The highest BCUT2D eigenvalue weighted by atomic mass is 16.1. The van der Waals surface area contributed by atoms with Crippen molar-refractivity contribution in [3.63, 3.8) is 0 Å². The van der Waals surface area contributed by atoms with Gasteiger partial charge in [0.15, 0.2) is 11.6 Å². The highest BCUT2D eigenvalue weighted by molar-refractivity contribution is 5.94. The molecule has 0 bridgehead atoms. The van der Waals surface area contributed by atoms with E-state index in [-0.39, 0.29) is 11.6 Å². The Hall–Kier alpha value is -1.90. The molecule has 0 saturated heterocycles. The van der Waals surface area contributed by atoms with Crippen LogP contribution in [0.2, 0.25) is 0 Å². The van der Waals surface area contributed by atoms with Crippen LogP contribution in [0.5, 0.6) is 0 Å². The zero-order chi connectivity index (χ0) is 16.4. The Morgan fingerprint density at radius 3 is 1.50 bits per heavy atom. The van der Waals surface area contributed by atoms with Crippen LogP contribution in [-0.2, 0) is 9.59 Å². The van der Waals surface area contributed by atoms with Crippen molar-refractivity contribution in [2.24, 2.45) is 11.8 Å². The van der Waals surface area contributed by atoms with Gasteiger partial charge in [0.2, 0.25) is 0 Å². The fourth-order valence-electron chi connectivity index (χ4n) is 3.26. The van der Waals surface area contributed by atoms with Crippen LogP contribution in [0.3, 0.4) is 0 Å². The zero-order valence-electron chi connectivity index (χ0n) is 14.1. The van der Waals surface area contributed by atoms with Gasteiger partial charge in [0.05, 0.1) is 0 Å². The third-order valence-electron chi connectivity index (χ3n) is 4.65. The highest BCUT2D eigenvalue weighted by Crippen LogP contribution is 2.34. The van der Waals surface area contributed by atoms with E-state index in [0.29, 0.717) is 11.8 Å². The molecule has 0 aromatic rings. The summed E-state index contributed by atoms with van der Waals surface area (Å²) in [6, 6.07) is 0. The largest absolute Gasteiger partial charge is 0.351 e. The van der Waals surface area contributed by atoms with Crippen molar-refractivity contribution < 1.29 is 9.59 Å². The van der Waals surface area contributed by atoms with Gasteiger partial charge in [-0.1, -0.05) is 26.0 Å². The second kappa shape index (κ2) is 6.47. The summed E-state index contributed by atoms with van der Waals surface area (Å²) in [6.07, 6.45) is 9.59. The molecule has 0 aromatic carbocycles. The average Bonchev–Trinajstić information content (AvgIpc) is 2.46. The quantitative estimate of drug-likeness (QED) is 0.792. The standard InChI is InChI=1S/C19H25NO2/c1-12-10-16(14(3)21)6-8-18(12)20(5)19-9-7-17(15(4)22)11-13(19)2/h6-9,12-13H,10-11H2,1-5H3. The molecular weight excluding hydrogens is 274 g/mol. The van der Waals surface area contributed by atoms with Crippen molar-refractivity contribution in [3.8, 4) is 0 Å². The van der Waals surface area contributed by atoms with Gasteiger partial charge < -0.3 is 4.90 Å². The van der Waals surface area contributed by atoms with Gasteiger partial charge in [0, 0.05) is 30.3 Å². The van der Waals surface area contributed by atoms with Crippen LogP contribution in [0.1, 0.15) is 40.5 Å². The van der Waals surface area contributed by atoms with Gasteiger partial charge in [-0.05, 0) is 50.0 Å². The van der Waals surface area contributed by atoms with Crippen LogP contribution in [0.15, 0.2) is 46.8 Å². The number of carbonyl (C=O) groups is 2. The van der Waals surface area contributed by atoms with E-state index in [1.54, 1.807) is 13.8 Å². The lowest BCUT2D eigenvalue weighted by Crippen LogP contribution is -2.28. The Morgan fingerprint density at radius 1 is 0.864 bits per heavy atom. The van der Waals surface area contributed by atoms with E-state index in [0.717, 1.165) is 24.0 Å². The second-order valence-electron chi connectivity index (χ2n) is 6.45. The Bertz CT molecular complexity index is 565. The number of allylic oxidation sites excluding steroid dienone is 8. The SMILES string of the molecule is CC(=O)C1=CC=C(N(C)C2=CC=C(C(C)=O)CC2C)C(C)C1. The van der Waals surface area contributed by atoms with Crippen LogP contribution < -0.4 is 0 Å². The minimum atomic E-state index is 0.157. The first kappa shape index (κ1) is 16.5. The Balaban J connectivity index is 2.27. The Kier molecular flexibility index (Phi) is 4.84. The molecule has 0 aromatic heterocycles. The van der Waals surface area contributed by atoms with Gasteiger partial charge in [-0.2, -0.15) is 0 Å². The van der Waals surface area contributed by atoms with Crippen LogP contribution >= 0.6 is 0 Å². The predicted octanol–water partition coefficient (Wildman–Crippen LogP) is 3.80. The Morgan fingerprint density at radius 2 is 1.23 bits per heavy atom. The van der Waals surface area contributed by atoms with E-state index in [1.165, 1.54) is 11.4 Å². The molecule has 3 heteroatoms. The molecule has 0 amide bonds. The number of Topliss-reactive ketones (excluding diaryl/α,β-unsaturated/α-hetero) is 2. The monoisotopic (exact) mass is 299 g/mol. The summed E-state index contributed by atoms with van der Waals surface area (Å²) in [5.41, 5.74) is 4.24. The number of rotatable bonds is 4. The summed E-state index contributed by atoms with van der Waals surface area (Å²) in [6.45, 7) is 7.56. The summed E-state index contributed by atoms with van der Waals surface area (Å²) in [5, 5.41) is 0. The number of carbonyl (C=O) groups excluding carboxylic acids is 2. The summed E-state index contributed by atoms with van der Waals surface area (Å²) in [5.74, 6) is 0.952. The first-order valence-corrected chi connectivity index (χ1v) is 7.88. The minimum Gasteiger partial charge on any atom is -0.351 e. The van der Waals surface area contributed by atoms with Crippen molar-refractivity contribution in [2.45, 2.75) is 40.5 Å². The van der Waals surface area contributed by atoms with Crippen molar-refractivity contribution >= 4 is 11.6 Å². The molecule has 0 spiro atoms. The van der Waals surface area contributed by atoms with Crippen molar-refractivity contribution in [1.82, 2.24) is 4.90 Å². The maximum Gasteiger partial charge on any atom is 0.155 e. The van der Waals surface area contributed by atoms with E-state index in [9.17, 15) is 9.59 Å². The topological polar surface area (TPSA) is 37.4 Å². The van der Waals surface area contributed by atoms with Crippen LogP contribution in [-0.4, -0.2) is 23.5 Å². The number of nitrogens with zero attached hydrogens (tertiary/aromatic N) is 1. The van der Waals surface area contributed by atoms with Gasteiger partial charge in [-0.3, -0.25) is 9.59 Å². The lowest BCUT2D eigenvalue weighted by Gasteiger charge is -2.35. The smallest absolute Gasteiger partial charge is 0.155 e. The number of hydrogen-bond donors (Lipinski definition) is 0. The van der Waals surface area contributed by atoms with Crippen LogP contribution in [0.4, 0.5) is 0 Å². The molecule has 2 aliphatic rings. The van der Waals surface area contributed by atoms with Gasteiger partial charge >= 0.3 is 0 Å². The summed E-state index contributed by atoms with van der Waals surface area (Å²) < 4.78 is 0. The van der Waals surface area contributed by atoms with E-state index >= 15 is 0 Å². The molecule has 2 aliphatic carbocycles. The molecule has 2 atom stereocenters. The summed E-state index contributed by atoms with van der Waals surface area (Å²) >= 11 is 0. The van der Waals surface area contributed by atoms with Crippen LogP contribution in [0, 0.1) is 11.8 Å². The molecule has 0 aliphatic heterocycles. The maximum atomic E-state index is 11.5. The van der Waals surface area contributed by atoms with Gasteiger partial charge in [-0.25, -0.2) is 0 Å². The predicted molar refractivity (Wildman–Crippen MR) is 89.0 cm³/mol. The van der Waals surface area contributed by atoms with E-state index in [4.69, 9.17) is 0 Å². The lowest BCUT2D eigenvalue weighted by atomic mass is 9.87. The average molecular weight is 299 g/mol. The molecule has 2 unspecified atom stereocenters. The molecule has 118 valence electrons. The molecule has 3 nitrogen and oxygen atoms in total. The third-order valence-corrected chi connectivity index (χ3v) is 4.65. The normalized spacial score (nSPS) is 24.8. The van der Waals surface area contributed by atoms with E-state index in [1.807, 2.05) is 12.2 Å². The van der Waals surface area contributed by atoms with Crippen LogP contribution in [0.25, 0.3) is 0 Å². The first-order valence-electron chi connectivity index (χ1n) is 7.88. The molecule has 2 rings (SSSR count). The zero-order valence-corrected chi connectivity index (χ0v) is 14.1. The lowest BCUT2D eigenvalue weighted by molar-refractivity contribution is -0.114. The minimum absolute atomic E-state index is 0.157. The Labute approximate surface area is 133 Å². The van der Waals surface area contributed by atoms with E-state index in [2.05, 4.69) is 37.9 Å².